The summed E-state index contributed by atoms with van der Waals surface area (Å²) in [7, 11) is 0. The largest absolute Gasteiger partial charge is 0.504 e. The third-order valence-electron chi connectivity index (χ3n) is 4.85. The fourth-order valence-corrected chi connectivity index (χ4v) is 3.55. The van der Waals surface area contributed by atoms with Gasteiger partial charge in [0.1, 0.15) is 0 Å². The first-order chi connectivity index (χ1) is 13.5. The van der Waals surface area contributed by atoms with Crippen LogP contribution in [0.1, 0.15) is 31.2 Å². The zero-order chi connectivity index (χ0) is 19.9. The van der Waals surface area contributed by atoms with E-state index in [1.165, 1.54) is 12.1 Å². The summed E-state index contributed by atoms with van der Waals surface area (Å²) in [6.07, 6.45) is 4.49. The number of hydrogen-bond donors (Lipinski definition) is 4. The number of amides is 3. The van der Waals surface area contributed by atoms with Gasteiger partial charge in [0.15, 0.2) is 5.75 Å². The van der Waals surface area contributed by atoms with E-state index < -0.39 is 0 Å². The molecule has 3 rings (SSSR count). The SMILES string of the molecule is O=C(NCCc1ccccc1)Nc1cc(Cl)c(O)c(NC(=O)C2CCCC2)c1. The Labute approximate surface area is 169 Å². The Morgan fingerprint density at radius 3 is 2.50 bits per heavy atom. The summed E-state index contributed by atoms with van der Waals surface area (Å²) in [5.41, 5.74) is 1.72. The molecule has 0 saturated heterocycles. The number of phenols is 1. The van der Waals surface area contributed by atoms with Crippen molar-refractivity contribution >= 4 is 34.9 Å². The van der Waals surface area contributed by atoms with Crippen molar-refractivity contribution in [3.8, 4) is 5.75 Å². The maximum atomic E-state index is 12.3. The van der Waals surface area contributed by atoms with Crippen LogP contribution in [0.15, 0.2) is 42.5 Å². The van der Waals surface area contributed by atoms with Crippen molar-refractivity contribution in [1.29, 1.82) is 0 Å². The Balaban J connectivity index is 1.57. The lowest BCUT2D eigenvalue weighted by Gasteiger charge is -2.15. The summed E-state index contributed by atoms with van der Waals surface area (Å²) in [5, 5.41) is 18.4. The molecule has 0 aliphatic heterocycles. The molecule has 0 unspecified atom stereocenters. The van der Waals surface area contributed by atoms with Crippen LogP contribution in [0, 0.1) is 5.92 Å². The molecule has 28 heavy (non-hydrogen) atoms. The van der Waals surface area contributed by atoms with Crippen molar-refractivity contribution in [2.75, 3.05) is 17.2 Å². The highest BCUT2D eigenvalue weighted by molar-refractivity contribution is 6.33. The molecule has 1 aliphatic rings. The van der Waals surface area contributed by atoms with E-state index >= 15 is 0 Å². The third kappa shape index (κ3) is 5.39. The van der Waals surface area contributed by atoms with Gasteiger partial charge in [0, 0.05) is 18.2 Å². The molecule has 3 amide bonds. The molecule has 148 valence electrons. The summed E-state index contributed by atoms with van der Waals surface area (Å²) in [6, 6.07) is 12.4. The third-order valence-corrected chi connectivity index (χ3v) is 5.14. The van der Waals surface area contributed by atoms with E-state index in [0.717, 1.165) is 31.2 Å². The van der Waals surface area contributed by atoms with Crippen molar-refractivity contribution in [1.82, 2.24) is 5.32 Å². The lowest BCUT2D eigenvalue weighted by Crippen LogP contribution is -2.30. The fraction of sp³-hybridized carbons (Fsp3) is 0.333. The number of halogens is 1. The molecule has 6 nitrogen and oxygen atoms in total. The van der Waals surface area contributed by atoms with Gasteiger partial charge in [-0.25, -0.2) is 4.79 Å². The summed E-state index contributed by atoms with van der Waals surface area (Å²) >= 11 is 6.06. The van der Waals surface area contributed by atoms with E-state index in [0.29, 0.717) is 18.7 Å². The molecule has 2 aromatic rings. The molecule has 2 aromatic carbocycles. The summed E-state index contributed by atoms with van der Waals surface area (Å²) in [4.78, 5) is 24.4. The van der Waals surface area contributed by atoms with Gasteiger partial charge in [-0.3, -0.25) is 4.79 Å². The normalized spacial score (nSPS) is 13.9. The van der Waals surface area contributed by atoms with E-state index in [2.05, 4.69) is 16.0 Å². The van der Waals surface area contributed by atoms with Gasteiger partial charge in [-0.15, -0.1) is 0 Å². The maximum absolute atomic E-state index is 12.3. The highest BCUT2D eigenvalue weighted by Crippen LogP contribution is 2.36. The van der Waals surface area contributed by atoms with E-state index in [9.17, 15) is 14.7 Å². The van der Waals surface area contributed by atoms with Crippen molar-refractivity contribution in [2.24, 2.45) is 5.92 Å². The second-order valence-corrected chi connectivity index (χ2v) is 7.35. The van der Waals surface area contributed by atoms with Crippen LogP contribution < -0.4 is 16.0 Å². The fourth-order valence-electron chi connectivity index (χ4n) is 3.33. The molecule has 1 saturated carbocycles. The summed E-state index contributed by atoms with van der Waals surface area (Å²) in [6.45, 7) is 0.479. The minimum absolute atomic E-state index is 0.0453. The van der Waals surface area contributed by atoms with Crippen LogP contribution in [0.5, 0.6) is 5.75 Å². The number of nitrogens with one attached hydrogen (secondary N) is 3. The molecule has 0 atom stereocenters. The molecule has 0 heterocycles. The lowest BCUT2D eigenvalue weighted by atomic mass is 10.1. The Bertz CT molecular complexity index is 836. The second-order valence-electron chi connectivity index (χ2n) is 6.94. The van der Waals surface area contributed by atoms with Gasteiger partial charge in [0.05, 0.1) is 10.7 Å². The van der Waals surface area contributed by atoms with Crippen LogP contribution >= 0.6 is 11.6 Å². The molecular weight excluding hydrogens is 378 g/mol. The Kier molecular flexibility index (Phi) is 6.76. The van der Waals surface area contributed by atoms with Crippen molar-refractivity contribution < 1.29 is 14.7 Å². The van der Waals surface area contributed by atoms with Crippen molar-refractivity contribution in [3.05, 3.63) is 53.1 Å². The highest BCUT2D eigenvalue weighted by atomic mass is 35.5. The Hall–Kier alpha value is -2.73. The topological polar surface area (TPSA) is 90.5 Å². The first-order valence-corrected chi connectivity index (χ1v) is 9.83. The molecule has 0 spiro atoms. The number of hydrogen-bond acceptors (Lipinski definition) is 3. The second kappa shape index (κ2) is 9.46. The van der Waals surface area contributed by atoms with Crippen molar-refractivity contribution in [3.63, 3.8) is 0 Å². The van der Waals surface area contributed by atoms with E-state index in [1.807, 2.05) is 30.3 Å². The molecule has 0 radical (unpaired) electrons. The van der Waals surface area contributed by atoms with E-state index in [-0.39, 0.29) is 34.3 Å². The number of rotatable bonds is 6. The van der Waals surface area contributed by atoms with Crippen LogP contribution in [0.25, 0.3) is 0 Å². The van der Waals surface area contributed by atoms with E-state index in [4.69, 9.17) is 11.6 Å². The monoisotopic (exact) mass is 401 g/mol. The van der Waals surface area contributed by atoms with Crippen LogP contribution in [-0.2, 0) is 11.2 Å². The molecule has 7 heteroatoms. The molecule has 0 bridgehead atoms. The van der Waals surface area contributed by atoms with Crippen LogP contribution in [0.3, 0.4) is 0 Å². The van der Waals surface area contributed by atoms with Crippen molar-refractivity contribution in [2.45, 2.75) is 32.1 Å². The minimum Gasteiger partial charge on any atom is -0.504 e. The molecule has 1 aliphatic carbocycles. The number of urea groups is 1. The highest BCUT2D eigenvalue weighted by Gasteiger charge is 2.24. The van der Waals surface area contributed by atoms with E-state index in [1.54, 1.807) is 0 Å². The van der Waals surface area contributed by atoms with Crippen LogP contribution in [0.2, 0.25) is 5.02 Å². The predicted octanol–water partition coefficient (Wildman–Crippen LogP) is 4.54. The number of benzene rings is 2. The van der Waals surface area contributed by atoms with Gasteiger partial charge in [0.25, 0.3) is 0 Å². The zero-order valence-electron chi connectivity index (χ0n) is 15.5. The number of aromatic hydroxyl groups is 1. The molecule has 0 aromatic heterocycles. The first-order valence-electron chi connectivity index (χ1n) is 9.45. The zero-order valence-corrected chi connectivity index (χ0v) is 16.3. The smallest absolute Gasteiger partial charge is 0.319 e. The summed E-state index contributed by atoms with van der Waals surface area (Å²) in [5.74, 6) is -0.382. The number of carbonyl (C=O) groups excluding carboxylic acids is 2. The van der Waals surface area contributed by atoms with Crippen LogP contribution in [0.4, 0.5) is 16.2 Å². The Morgan fingerprint density at radius 1 is 1.07 bits per heavy atom. The van der Waals surface area contributed by atoms with Gasteiger partial charge in [-0.1, -0.05) is 54.8 Å². The molecule has 4 N–H and O–H groups in total. The van der Waals surface area contributed by atoms with Crippen LogP contribution in [-0.4, -0.2) is 23.6 Å². The average molecular weight is 402 g/mol. The van der Waals surface area contributed by atoms with Gasteiger partial charge in [-0.05, 0) is 37.0 Å². The Morgan fingerprint density at radius 2 is 1.79 bits per heavy atom. The standard InChI is InChI=1S/C21H24ClN3O3/c22-17-12-16(24-21(28)23-11-10-14-6-2-1-3-7-14)13-18(19(17)26)25-20(27)15-8-4-5-9-15/h1-3,6-7,12-13,15,26H,4-5,8-11H2,(H,25,27)(H2,23,24,28). The predicted molar refractivity (Wildman–Crippen MR) is 111 cm³/mol. The molecular formula is C21H24ClN3O3. The van der Waals surface area contributed by atoms with Gasteiger partial charge < -0.3 is 21.1 Å². The maximum Gasteiger partial charge on any atom is 0.319 e. The van der Waals surface area contributed by atoms with Gasteiger partial charge in [-0.2, -0.15) is 0 Å². The first kappa shape index (κ1) is 20.0. The number of anilines is 2. The summed E-state index contributed by atoms with van der Waals surface area (Å²) < 4.78 is 0. The lowest BCUT2D eigenvalue weighted by molar-refractivity contribution is -0.119. The minimum atomic E-state index is -0.384. The van der Waals surface area contributed by atoms with Gasteiger partial charge >= 0.3 is 6.03 Å². The number of carbonyl (C=O) groups is 2. The average Bonchev–Trinajstić information content (AvgIpc) is 3.21. The molecule has 1 fully saturated rings. The number of phenolic OH excluding ortho intramolecular Hbond substituents is 1. The quantitative estimate of drug-likeness (QED) is 0.423. The van der Waals surface area contributed by atoms with Gasteiger partial charge in [0.2, 0.25) is 5.91 Å².